The van der Waals surface area contributed by atoms with Crippen LogP contribution in [0.3, 0.4) is 0 Å². The van der Waals surface area contributed by atoms with E-state index >= 15 is 0 Å². The van der Waals surface area contributed by atoms with Crippen LogP contribution in [0, 0.1) is 0 Å². The smallest absolute Gasteiger partial charge is 0.379 e. The molecule has 1 atom stereocenters. The number of hydrogen-bond acceptors (Lipinski definition) is 5. The first-order valence-corrected chi connectivity index (χ1v) is 7.69. The third-order valence-electron chi connectivity index (χ3n) is 2.21. The van der Waals surface area contributed by atoms with Crippen LogP contribution >= 0.6 is 0 Å². The van der Waals surface area contributed by atoms with Gasteiger partial charge in [-0.2, -0.15) is 0 Å². The number of ether oxygens (including phenoxy) is 1. The number of carbonyl (C=O) groups excluding carboxylic acids is 2. The van der Waals surface area contributed by atoms with Crippen LogP contribution in [0.4, 0.5) is 0 Å². The topological polar surface area (TPSA) is 61.8 Å². The number of Topliss-reactive ketones (excluding diaryl/α,β-unsaturated/α-hetero) is 1. The summed E-state index contributed by atoms with van der Waals surface area (Å²) >= 11 is 0. The van der Waals surface area contributed by atoms with Crippen molar-refractivity contribution in [3.8, 4) is 5.75 Å². The lowest BCUT2D eigenvalue weighted by Gasteiger charge is -2.11. The largest absolute Gasteiger partial charge is 0.522 e. The highest BCUT2D eigenvalue weighted by Gasteiger charge is 2.17. The Labute approximate surface area is 108 Å². The molecule has 0 saturated heterocycles. The molecule has 0 saturated carbocycles. The molecule has 0 aromatic heterocycles. The predicted molar refractivity (Wildman–Crippen MR) is 68.1 cm³/mol. The van der Waals surface area contributed by atoms with Gasteiger partial charge in [-0.25, -0.2) is 4.79 Å². The van der Waals surface area contributed by atoms with Gasteiger partial charge in [0.2, 0.25) is 0 Å². The molecule has 0 aliphatic rings. The van der Waals surface area contributed by atoms with E-state index in [1.54, 1.807) is 26.2 Å². The van der Waals surface area contributed by atoms with Gasteiger partial charge in [-0.1, -0.05) is 0 Å². The van der Waals surface area contributed by atoms with Crippen LogP contribution in [0.5, 0.6) is 5.75 Å². The van der Waals surface area contributed by atoms with E-state index in [1.807, 2.05) is 6.55 Å². The fraction of sp³-hybridized carbons (Fsp3) is 0.333. The lowest BCUT2D eigenvalue weighted by atomic mass is 10.1. The van der Waals surface area contributed by atoms with Crippen LogP contribution in [-0.4, -0.2) is 34.8 Å². The minimum absolute atomic E-state index is 0.183. The second kappa shape index (κ2) is 6.92. The first kappa shape index (κ1) is 14.4. The minimum atomic E-state index is -1.66. The molecule has 1 aromatic carbocycles. The fourth-order valence-corrected chi connectivity index (χ4v) is 1.88. The van der Waals surface area contributed by atoms with Crippen molar-refractivity contribution in [1.29, 1.82) is 0 Å². The van der Waals surface area contributed by atoms with Gasteiger partial charge in [0.15, 0.2) is 0 Å². The summed E-state index contributed by atoms with van der Waals surface area (Å²) in [5.41, 5.74) is 0.285. The van der Waals surface area contributed by atoms with Gasteiger partial charge < -0.3 is 13.6 Å². The van der Waals surface area contributed by atoms with Gasteiger partial charge in [-0.3, -0.25) is 4.79 Å². The van der Waals surface area contributed by atoms with Gasteiger partial charge in [-0.05, 0) is 37.7 Å². The van der Waals surface area contributed by atoms with Gasteiger partial charge in [0.25, 0.3) is 5.78 Å². The summed E-state index contributed by atoms with van der Waals surface area (Å²) in [7, 11) is -0.0629. The maximum Gasteiger partial charge on any atom is 0.379 e. The fourth-order valence-electron chi connectivity index (χ4n) is 1.24. The zero-order valence-corrected chi connectivity index (χ0v) is 11.8. The average Bonchev–Trinajstić information content (AvgIpc) is 2.39. The highest BCUT2D eigenvalue weighted by molar-refractivity contribution is 6.43. The molecule has 0 aliphatic carbocycles. The molecule has 1 rings (SSSR count). The Hall–Kier alpha value is -1.66. The Bertz CT molecular complexity index is 415. The van der Waals surface area contributed by atoms with Crippen molar-refractivity contribution >= 4 is 21.0 Å². The van der Waals surface area contributed by atoms with E-state index in [9.17, 15) is 9.59 Å². The molecule has 6 heteroatoms. The minimum Gasteiger partial charge on any atom is -0.522 e. The Morgan fingerprint density at radius 2 is 1.83 bits per heavy atom. The summed E-state index contributed by atoms with van der Waals surface area (Å²) in [6.45, 7) is 3.72. The number of hydrogen-bond donors (Lipinski definition) is 0. The monoisotopic (exact) mass is 268 g/mol. The lowest BCUT2D eigenvalue weighted by Crippen LogP contribution is -2.20. The van der Waals surface area contributed by atoms with Crippen molar-refractivity contribution in [1.82, 2.24) is 0 Å². The number of esters is 1. The first-order chi connectivity index (χ1) is 8.58. The van der Waals surface area contributed by atoms with Gasteiger partial charge in [-0.15, -0.1) is 0 Å². The summed E-state index contributed by atoms with van der Waals surface area (Å²) < 4.78 is 15.2. The molecular weight excluding hydrogens is 252 g/mol. The summed E-state index contributed by atoms with van der Waals surface area (Å²) in [4.78, 5) is 22.8. The zero-order valence-electron chi connectivity index (χ0n) is 10.6. The third-order valence-corrected chi connectivity index (χ3v) is 3.48. The molecule has 0 N–H and O–H groups in total. The van der Waals surface area contributed by atoms with E-state index < -0.39 is 21.0 Å². The standard InChI is InChI=1S/C12H16O5Si/c1-4-16-12(14)11(13)9-5-7-10(8-6-9)17-18(3)15-2/h5-8,18H,4H2,1-3H3. The lowest BCUT2D eigenvalue weighted by molar-refractivity contribution is -0.137. The molecule has 98 valence electrons. The van der Waals surface area contributed by atoms with Crippen LogP contribution < -0.4 is 4.43 Å². The highest BCUT2D eigenvalue weighted by atomic mass is 28.3. The number of benzene rings is 1. The molecule has 1 aromatic rings. The molecule has 0 aliphatic heterocycles. The van der Waals surface area contributed by atoms with E-state index in [2.05, 4.69) is 4.74 Å². The quantitative estimate of drug-likeness (QED) is 0.337. The predicted octanol–water partition coefficient (Wildman–Crippen LogP) is 1.31. The van der Waals surface area contributed by atoms with Crippen LogP contribution in [-0.2, 0) is 14.0 Å². The summed E-state index contributed by atoms with van der Waals surface area (Å²) in [6.07, 6.45) is 0. The van der Waals surface area contributed by atoms with E-state index in [1.165, 1.54) is 12.1 Å². The maximum atomic E-state index is 11.6. The molecule has 5 nitrogen and oxygen atoms in total. The number of rotatable bonds is 6. The first-order valence-electron chi connectivity index (χ1n) is 5.59. The van der Waals surface area contributed by atoms with Crippen LogP contribution in [0.1, 0.15) is 17.3 Å². The van der Waals surface area contributed by atoms with Crippen LogP contribution in [0.2, 0.25) is 6.55 Å². The summed E-state index contributed by atoms with van der Waals surface area (Å²) in [6, 6.07) is 6.33. The normalized spacial score (nSPS) is 11.7. The molecule has 0 fully saturated rings. The molecule has 0 radical (unpaired) electrons. The average molecular weight is 268 g/mol. The number of carbonyl (C=O) groups is 2. The zero-order chi connectivity index (χ0) is 13.5. The Balaban J connectivity index is 2.70. The van der Waals surface area contributed by atoms with Gasteiger partial charge in [0.1, 0.15) is 5.75 Å². The SMILES string of the molecule is CCOC(=O)C(=O)c1ccc(O[SiH](C)OC)cc1. The molecule has 0 spiro atoms. The van der Waals surface area contributed by atoms with Crippen molar-refractivity contribution in [2.24, 2.45) is 0 Å². The van der Waals surface area contributed by atoms with E-state index in [-0.39, 0.29) is 12.2 Å². The van der Waals surface area contributed by atoms with Crippen LogP contribution in [0.25, 0.3) is 0 Å². The number of ketones is 1. The Morgan fingerprint density at radius 1 is 1.22 bits per heavy atom. The molecule has 0 amide bonds. The van der Waals surface area contributed by atoms with E-state index in [4.69, 9.17) is 8.85 Å². The highest BCUT2D eigenvalue weighted by Crippen LogP contribution is 2.14. The molecule has 18 heavy (non-hydrogen) atoms. The van der Waals surface area contributed by atoms with Crippen molar-refractivity contribution in [3.63, 3.8) is 0 Å². The van der Waals surface area contributed by atoms with Gasteiger partial charge >= 0.3 is 15.3 Å². The van der Waals surface area contributed by atoms with E-state index in [0.717, 1.165) is 0 Å². The van der Waals surface area contributed by atoms with Gasteiger partial charge in [0.05, 0.1) is 6.61 Å². The van der Waals surface area contributed by atoms with Crippen molar-refractivity contribution in [2.45, 2.75) is 13.5 Å². The van der Waals surface area contributed by atoms with Crippen molar-refractivity contribution < 1.29 is 23.2 Å². The molecule has 1 unspecified atom stereocenters. The summed E-state index contributed by atoms with van der Waals surface area (Å²) in [5.74, 6) is -0.873. The Kier molecular flexibility index (Phi) is 5.54. The second-order valence-electron chi connectivity index (χ2n) is 3.50. The third kappa shape index (κ3) is 3.97. The van der Waals surface area contributed by atoms with Gasteiger partial charge in [0, 0.05) is 12.7 Å². The van der Waals surface area contributed by atoms with Crippen LogP contribution in [0.15, 0.2) is 24.3 Å². The molecular formula is C12H16O5Si. The van der Waals surface area contributed by atoms with Crippen molar-refractivity contribution in [2.75, 3.05) is 13.7 Å². The van der Waals surface area contributed by atoms with Crippen molar-refractivity contribution in [3.05, 3.63) is 29.8 Å². The summed E-state index contributed by atoms with van der Waals surface area (Å²) in [5, 5.41) is 0. The Morgan fingerprint density at radius 3 is 2.33 bits per heavy atom. The molecule has 0 bridgehead atoms. The maximum absolute atomic E-state index is 11.6. The van der Waals surface area contributed by atoms with E-state index in [0.29, 0.717) is 5.75 Å². The molecule has 0 heterocycles. The second-order valence-corrected chi connectivity index (χ2v) is 5.34.